The first-order valence-corrected chi connectivity index (χ1v) is 6.72. The zero-order chi connectivity index (χ0) is 15.2. The molecule has 6 heteroatoms. The van der Waals surface area contributed by atoms with Gasteiger partial charge in [0.05, 0.1) is 13.2 Å². The lowest BCUT2D eigenvalue weighted by molar-refractivity contribution is -0.118. The van der Waals surface area contributed by atoms with Crippen molar-refractivity contribution in [1.29, 1.82) is 0 Å². The van der Waals surface area contributed by atoms with Gasteiger partial charge >= 0.3 is 0 Å². The van der Waals surface area contributed by atoms with Gasteiger partial charge in [-0.25, -0.2) is 4.98 Å². The standard InChI is InChI=1S/C15H17N3O3/c1-2-7-21-14-11-6-4-3-5-10(11)9-17-13(14)15(20)18-12(19)8-16/h3-6,9H,2,7-8,16H2,1H3,(H,18,19,20). The van der Waals surface area contributed by atoms with Crippen molar-refractivity contribution < 1.29 is 14.3 Å². The fourth-order valence-electron chi connectivity index (χ4n) is 1.89. The lowest BCUT2D eigenvalue weighted by atomic mass is 10.1. The van der Waals surface area contributed by atoms with Crippen LogP contribution in [-0.4, -0.2) is 29.9 Å². The van der Waals surface area contributed by atoms with Crippen LogP contribution in [0.15, 0.2) is 30.5 Å². The Hall–Kier alpha value is -2.47. The molecule has 2 rings (SSSR count). The van der Waals surface area contributed by atoms with Gasteiger partial charge in [0.2, 0.25) is 5.91 Å². The Kier molecular flexibility index (Phi) is 4.84. The second-order valence-electron chi connectivity index (χ2n) is 4.45. The van der Waals surface area contributed by atoms with E-state index in [-0.39, 0.29) is 12.2 Å². The van der Waals surface area contributed by atoms with Crippen molar-refractivity contribution in [1.82, 2.24) is 10.3 Å². The van der Waals surface area contributed by atoms with Gasteiger partial charge in [-0.05, 0) is 6.42 Å². The number of hydrogen-bond acceptors (Lipinski definition) is 5. The Bertz CT molecular complexity index is 670. The van der Waals surface area contributed by atoms with E-state index < -0.39 is 11.8 Å². The molecule has 2 amide bonds. The normalized spacial score (nSPS) is 10.4. The van der Waals surface area contributed by atoms with Gasteiger partial charge in [-0.2, -0.15) is 0 Å². The fraction of sp³-hybridized carbons (Fsp3) is 0.267. The van der Waals surface area contributed by atoms with Crippen LogP contribution < -0.4 is 15.8 Å². The Morgan fingerprint density at radius 1 is 1.33 bits per heavy atom. The highest BCUT2D eigenvalue weighted by molar-refractivity contribution is 6.08. The van der Waals surface area contributed by atoms with Crippen molar-refractivity contribution in [3.63, 3.8) is 0 Å². The molecule has 1 heterocycles. The number of rotatable bonds is 5. The van der Waals surface area contributed by atoms with Crippen LogP contribution in [0, 0.1) is 0 Å². The highest BCUT2D eigenvalue weighted by Gasteiger charge is 2.19. The molecule has 0 saturated carbocycles. The zero-order valence-corrected chi connectivity index (χ0v) is 11.8. The van der Waals surface area contributed by atoms with Crippen molar-refractivity contribution in [2.45, 2.75) is 13.3 Å². The maximum absolute atomic E-state index is 12.1. The third-order valence-electron chi connectivity index (χ3n) is 2.86. The predicted molar refractivity (Wildman–Crippen MR) is 79.1 cm³/mol. The molecule has 0 aliphatic carbocycles. The molecule has 1 aromatic heterocycles. The molecule has 0 spiro atoms. The van der Waals surface area contributed by atoms with Crippen LogP contribution in [0.5, 0.6) is 5.75 Å². The van der Waals surface area contributed by atoms with Gasteiger partial charge in [0.15, 0.2) is 11.4 Å². The van der Waals surface area contributed by atoms with Crippen molar-refractivity contribution >= 4 is 22.6 Å². The van der Waals surface area contributed by atoms with Gasteiger partial charge in [0.25, 0.3) is 5.91 Å². The van der Waals surface area contributed by atoms with E-state index >= 15 is 0 Å². The van der Waals surface area contributed by atoms with Crippen molar-refractivity contribution in [3.8, 4) is 5.75 Å². The number of amides is 2. The van der Waals surface area contributed by atoms with E-state index in [1.54, 1.807) is 6.20 Å². The van der Waals surface area contributed by atoms with Gasteiger partial charge in [0, 0.05) is 17.0 Å². The summed E-state index contributed by atoms with van der Waals surface area (Å²) in [6.45, 7) is 2.17. The minimum Gasteiger partial charge on any atom is -0.490 e. The molecule has 110 valence electrons. The number of nitrogens with two attached hydrogens (primary N) is 1. The molecule has 0 saturated heterocycles. The number of carbonyl (C=O) groups excluding carboxylic acids is 2. The zero-order valence-electron chi connectivity index (χ0n) is 11.8. The molecular formula is C15H17N3O3. The topological polar surface area (TPSA) is 94.3 Å². The second kappa shape index (κ2) is 6.81. The predicted octanol–water partition coefficient (Wildman–Crippen LogP) is 1.24. The van der Waals surface area contributed by atoms with Gasteiger partial charge in [-0.3, -0.25) is 14.9 Å². The number of benzene rings is 1. The summed E-state index contributed by atoms with van der Waals surface area (Å²) in [6.07, 6.45) is 2.38. The molecule has 0 bridgehead atoms. The molecular weight excluding hydrogens is 270 g/mol. The van der Waals surface area contributed by atoms with E-state index in [1.807, 2.05) is 31.2 Å². The van der Waals surface area contributed by atoms with Gasteiger partial charge < -0.3 is 10.5 Å². The number of imide groups is 1. The number of hydrogen-bond donors (Lipinski definition) is 2. The summed E-state index contributed by atoms with van der Waals surface area (Å²) in [5, 5.41) is 3.83. The first-order valence-electron chi connectivity index (χ1n) is 6.72. The first-order chi connectivity index (χ1) is 10.2. The maximum atomic E-state index is 12.1. The number of fused-ring (bicyclic) bond motifs is 1. The third kappa shape index (κ3) is 3.35. The van der Waals surface area contributed by atoms with E-state index in [0.717, 1.165) is 17.2 Å². The first kappa shape index (κ1) is 14.9. The quantitative estimate of drug-likeness (QED) is 0.862. The summed E-state index contributed by atoms with van der Waals surface area (Å²) in [5.74, 6) is -0.782. The third-order valence-corrected chi connectivity index (χ3v) is 2.86. The number of nitrogens with zero attached hydrogens (tertiary/aromatic N) is 1. The Labute approximate surface area is 122 Å². The highest BCUT2D eigenvalue weighted by Crippen LogP contribution is 2.28. The average Bonchev–Trinajstić information content (AvgIpc) is 2.52. The molecule has 0 radical (unpaired) electrons. The van der Waals surface area contributed by atoms with Crippen LogP contribution in [0.2, 0.25) is 0 Å². The molecule has 1 aromatic carbocycles. The van der Waals surface area contributed by atoms with Gasteiger partial charge in [0.1, 0.15) is 0 Å². The van der Waals surface area contributed by atoms with E-state index in [2.05, 4.69) is 10.3 Å². The Balaban J connectivity index is 2.46. The van der Waals surface area contributed by atoms with Gasteiger partial charge in [-0.15, -0.1) is 0 Å². The van der Waals surface area contributed by atoms with Crippen molar-refractivity contribution in [2.24, 2.45) is 5.73 Å². The minimum absolute atomic E-state index is 0.0870. The molecule has 0 fully saturated rings. The monoisotopic (exact) mass is 287 g/mol. The average molecular weight is 287 g/mol. The van der Waals surface area contributed by atoms with E-state index in [4.69, 9.17) is 10.5 Å². The lowest BCUT2D eigenvalue weighted by Crippen LogP contribution is -2.36. The summed E-state index contributed by atoms with van der Waals surface area (Å²) in [5.41, 5.74) is 5.28. The number of pyridine rings is 1. The lowest BCUT2D eigenvalue weighted by Gasteiger charge is -2.12. The molecule has 0 atom stereocenters. The SMILES string of the molecule is CCCOc1c(C(=O)NC(=O)CN)ncc2ccccc12. The van der Waals surface area contributed by atoms with Crippen LogP contribution in [0.25, 0.3) is 10.8 Å². The summed E-state index contributed by atoms with van der Waals surface area (Å²) in [4.78, 5) is 27.5. The number of nitrogens with one attached hydrogen (secondary N) is 1. The summed E-state index contributed by atoms with van der Waals surface area (Å²) < 4.78 is 5.67. The van der Waals surface area contributed by atoms with Crippen molar-refractivity contribution in [3.05, 3.63) is 36.2 Å². The molecule has 0 aliphatic heterocycles. The van der Waals surface area contributed by atoms with E-state index in [9.17, 15) is 9.59 Å². The van der Waals surface area contributed by atoms with Gasteiger partial charge in [-0.1, -0.05) is 31.2 Å². The smallest absolute Gasteiger partial charge is 0.280 e. The fourth-order valence-corrected chi connectivity index (χ4v) is 1.89. The molecule has 0 unspecified atom stereocenters. The van der Waals surface area contributed by atoms with Crippen LogP contribution in [0.1, 0.15) is 23.8 Å². The maximum Gasteiger partial charge on any atom is 0.280 e. The molecule has 3 N–H and O–H groups in total. The van der Waals surface area contributed by atoms with Crippen LogP contribution in [0.3, 0.4) is 0 Å². The summed E-state index contributed by atoms with van der Waals surface area (Å²) in [7, 11) is 0. The Morgan fingerprint density at radius 2 is 2.10 bits per heavy atom. The largest absolute Gasteiger partial charge is 0.490 e. The number of carbonyl (C=O) groups is 2. The van der Waals surface area contributed by atoms with Crippen LogP contribution in [-0.2, 0) is 4.79 Å². The molecule has 0 aliphatic rings. The van der Waals surface area contributed by atoms with Crippen LogP contribution in [0.4, 0.5) is 0 Å². The number of ether oxygens (including phenoxy) is 1. The van der Waals surface area contributed by atoms with Crippen LogP contribution >= 0.6 is 0 Å². The molecule has 6 nitrogen and oxygen atoms in total. The minimum atomic E-state index is -0.609. The molecule has 21 heavy (non-hydrogen) atoms. The van der Waals surface area contributed by atoms with Crippen molar-refractivity contribution in [2.75, 3.05) is 13.2 Å². The summed E-state index contributed by atoms with van der Waals surface area (Å²) >= 11 is 0. The highest BCUT2D eigenvalue weighted by atomic mass is 16.5. The summed E-state index contributed by atoms with van der Waals surface area (Å²) in [6, 6.07) is 7.47. The Morgan fingerprint density at radius 3 is 2.81 bits per heavy atom. The number of aromatic nitrogens is 1. The molecule has 2 aromatic rings. The second-order valence-corrected chi connectivity index (χ2v) is 4.45. The van der Waals surface area contributed by atoms with E-state index in [1.165, 1.54) is 0 Å². The van der Waals surface area contributed by atoms with E-state index in [0.29, 0.717) is 12.4 Å².